The molecule has 33 heavy (non-hydrogen) atoms. The van der Waals surface area contributed by atoms with E-state index in [-0.39, 0.29) is 17.7 Å². The number of ether oxygens (including phenoxy) is 1. The van der Waals surface area contributed by atoms with Crippen LogP contribution in [-0.4, -0.2) is 36.4 Å². The van der Waals surface area contributed by atoms with Crippen molar-refractivity contribution in [3.63, 3.8) is 0 Å². The van der Waals surface area contributed by atoms with Crippen molar-refractivity contribution in [1.82, 2.24) is 4.90 Å². The Labute approximate surface area is 195 Å². The number of likely N-dealkylation sites (tertiary alicyclic amines) is 1. The van der Waals surface area contributed by atoms with Crippen molar-refractivity contribution in [3.05, 3.63) is 75.4 Å². The number of nitrogens with two attached hydrogens (primary N) is 1. The van der Waals surface area contributed by atoms with Gasteiger partial charge in [-0.2, -0.15) is 5.26 Å². The molecule has 6 heteroatoms. The van der Waals surface area contributed by atoms with Crippen molar-refractivity contribution in [2.45, 2.75) is 39.5 Å². The molecule has 2 aliphatic rings. The van der Waals surface area contributed by atoms with E-state index in [0.717, 1.165) is 35.1 Å². The fourth-order valence-corrected chi connectivity index (χ4v) is 4.15. The minimum Gasteiger partial charge on any atom is -0.478 e. The first-order chi connectivity index (χ1) is 15.8. The van der Waals surface area contributed by atoms with Gasteiger partial charge in [0, 0.05) is 41.4 Å². The topological polar surface area (TPSA) is 103 Å². The van der Waals surface area contributed by atoms with E-state index in [4.69, 9.17) is 21.1 Å². The highest BCUT2D eigenvalue weighted by Crippen LogP contribution is 2.31. The van der Waals surface area contributed by atoms with Gasteiger partial charge < -0.3 is 15.4 Å². The third-order valence-electron chi connectivity index (χ3n) is 6.68. The van der Waals surface area contributed by atoms with Crippen molar-refractivity contribution in [2.75, 3.05) is 19.7 Å². The Morgan fingerprint density at radius 2 is 1.79 bits per heavy atom. The summed E-state index contributed by atoms with van der Waals surface area (Å²) in [6.45, 7) is 7.57. The van der Waals surface area contributed by atoms with Gasteiger partial charge in [-0.3, -0.25) is 10.2 Å². The number of amides is 1. The molecule has 0 unspecified atom stereocenters. The van der Waals surface area contributed by atoms with Gasteiger partial charge in [0.2, 0.25) is 5.90 Å². The number of benzene rings is 2. The van der Waals surface area contributed by atoms with Gasteiger partial charge in [0.1, 0.15) is 0 Å². The summed E-state index contributed by atoms with van der Waals surface area (Å²) in [5.74, 6) is 0.932. The third kappa shape index (κ3) is 4.78. The van der Waals surface area contributed by atoms with Gasteiger partial charge in [0.25, 0.3) is 5.91 Å². The lowest BCUT2D eigenvalue weighted by molar-refractivity contribution is 0.0601. The Kier molecular flexibility index (Phi) is 6.24. The van der Waals surface area contributed by atoms with Crippen molar-refractivity contribution < 1.29 is 9.53 Å². The van der Waals surface area contributed by atoms with Crippen LogP contribution in [0.2, 0.25) is 0 Å². The molecule has 1 aliphatic carbocycles. The fraction of sp³-hybridized carbons (Fsp3) is 0.370. The van der Waals surface area contributed by atoms with Crippen LogP contribution in [0, 0.1) is 36.5 Å². The zero-order valence-corrected chi connectivity index (χ0v) is 19.4. The van der Waals surface area contributed by atoms with Crippen molar-refractivity contribution in [2.24, 2.45) is 11.7 Å². The summed E-state index contributed by atoms with van der Waals surface area (Å²) in [6.07, 6.45) is 2.33. The highest BCUT2D eigenvalue weighted by atomic mass is 16.5. The normalized spacial score (nSPS) is 16.5. The van der Waals surface area contributed by atoms with Crippen LogP contribution in [-0.2, 0) is 4.74 Å². The molecule has 0 atom stereocenters. The summed E-state index contributed by atoms with van der Waals surface area (Å²) in [5, 5.41) is 17.2. The molecule has 1 saturated carbocycles. The van der Waals surface area contributed by atoms with Gasteiger partial charge in [0.05, 0.1) is 18.2 Å². The lowest BCUT2D eigenvalue weighted by Gasteiger charge is -2.40. The summed E-state index contributed by atoms with van der Waals surface area (Å²) in [6, 6.07) is 13.5. The van der Waals surface area contributed by atoms with Crippen LogP contribution in [0.5, 0.6) is 0 Å². The monoisotopic (exact) mass is 442 g/mol. The second-order valence-corrected chi connectivity index (χ2v) is 9.25. The van der Waals surface area contributed by atoms with Crippen LogP contribution in [0.3, 0.4) is 0 Å². The molecule has 6 nitrogen and oxygen atoms in total. The minimum absolute atomic E-state index is 0.0100. The Morgan fingerprint density at radius 3 is 2.39 bits per heavy atom. The zero-order chi connectivity index (χ0) is 23.7. The molecule has 1 heterocycles. The Balaban J connectivity index is 1.49. The Hall–Kier alpha value is -3.59. The van der Waals surface area contributed by atoms with Crippen molar-refractivity contribution in [3.8, 4) is 6.07 Å². The van der Waals surface area contributed by atoms with Crippen LogP contribution in [0.4, 0.5) is 0 Å². The molecule has 0 spiro atoms. The van der Waals surface area contributed by atoms with E-state index in [2.05, 4.69) is 6.07 Å². The van der Waals surface area contributed by atoms with Crippen LogP contribution < -0.4 is 5.73 Å². The van der Waals surface area contributed by atoms with E-state index in [9.17, 15) is 4.79 Å². The molecule has 2 fully saturated rings. The quantitative estimate of drug-likeness (QED) is 0.507. The van der Waals surface area contributed by atoms with E-state index in [1.165, 1.54) is 0 Å². The van der Waals surface area contributed by atoms with Gasteiger partial charge in [-0.1, -0.05) is 18.2 Å². The van der Waals surface area contributed by atoms with E-state index in [1.54, 1.807) is 6.92 Å². The Bertz CT molecular complexity index is 1160. The molecule has 1 amide bonds. The van der Waals surface area contributed by atoms with Crippen LogP contribution in [0.1, 0.15) is 63.9 Å². The molecule has 170 valence electrons. The predicted octanol–water partition coefficient (Wildman–Crippen LogP) is 4.51. The van der Waals surface area contributed by atoms with E-state index < -0.39 is 0 Å². The summed E-state index contributed by atoms with van der Waals surface area (Å²) >= 11 is 0. The maximum atomic E-state index is 13.3. The van der Waals surface area contributed by atoms with E-state index in [1.807, 2.05) is 55.1 Å². The fourth-order valence-electron chi connectivity index (χ4n) is 4.15. The van der Waals surface area contributed by atoms with Gasteiger partial charge in [-0.05, 0) is 74.4 Å². The van der Waals surface area contributed by atoms with E-state index >= 15 is 0 Å². The molecule has 2 aromatic carbocycles. The number of hydrogen-bond donors (Lipinski definition) is 2. The first-order valence-electron chi connectivity index (χ1n) is 11.4. The highest BCUT2D eigenvalue weighted by molar-refractivity contribution is 6.01. The number of aryl methyl sites for hydroxylation is 2. The second-order valence-electron chi connectivity index (χ2n) is 9.25. The lowest BCUT2D eigenvalue weighted by Crippen LogP contribution is -2.48. The summed E-state index contributed by atoms with van der Waals surface area (Å²) in [7, 11) is 0. The minimum atomic E-state index is -0.0100. The van der Waals surface area contributed by atoms with Gasteiger partial charge in [-0.25, -0.2) is 0 Å². The molecule has 1 aliphatic heterocycles. The molecular weight excluding hydrogens is 412 g/mol. The molecule has 0 bridgehead atoms. The average molecular weight is 443 g/mol. The third-order valence-corrected chi connectivity index (χ3v) is 6.68. The number of rotatable bonds is 6. The van der Waals surface area contributed by atoms with Gasteiger partial charge in [0.15, 0.2) is 0 Å². The highest BCUT2D eigenvalue weighted by Gasteiger charge is 2.33. The second kappa shape index (κ2) is 9.11. The summed E-state index contributed by atoms with van der Waals surface area (Å²) < 4.78 is 5.60. The molecular formula is C27H30N4O2. The first kappa shape index (κ1) is 22.6. The number of nitriles is 1. The van der Waals surface area contributed by atoms with Crippen molar-refractivity contribution >= 4 is 17.5 Å². The van der Waals surface area contributed by atoms with Gasteiger partial charge in [-0.15, -0.1) is 0 Å². The van der Waals surface area contributed by atoms with Crippen LogP contribution >= 0.6 is 0 Å². The summed E-state index contributed by atoms with van der Waals surface area (Å²) in [4.78, 5) is 15.1. The van der Waals surface area contributed by atoms with Crippen molar-refractivity contribution in [1.29, 1.82) is 10.7 Å². The number of carbonyl (C=O) groups excluding carboxylic acids is 1. The number of nitrogens with zero attached hydrogens (tertiary/aromatic N) is 2. The lowest BCUT2D eigenvalue weighted by atomic mass is 9.89. The maximum Gasteiger partial charge on any atom is 0.254 e. The Morgan fingerprint density at radius 1 is 1.15 bits per heavy atom. The number of hydrogen-bond acceptors (Lipinski definition) is 5. The standard InChI is InChI=1S/C27H30N4O2/c1-16-10-17(2)24(11-23(16)25(29)18(3)26(30)33-15-20-4-5-20)27(32)31-13-22(14-31)21-8-6-19(12-28)7-9-21/h6-11,20,22,30H,4-5,13-15,29H2,1-3H3/b25-18-,30-26?. The van der Waals surface area contributed by atoms with Gasteiger partial charge >= 0.3 is 0 Å². The van der Waals surface area contributed by atoms with E-state index in [0.29, 0.717) is 48.0 Å². The molecule has 1 saturated heterocycles. The predicted molar refractivity (Wildman–Crippen MR) is 129 cm³/mol. The molecule has 3 N–H and O–H groups in total. The average Bonchev–Trinajstić information content (AvgIpc) is 3.60. The molecule has 0 aromatic heterocycles. The maximum absolute atomic E-state index is 13.3. The van der Waals surface area contributed by atoms with Crippen LogP contribution in [0.15, 0.2) is 42.0 Å². The number of carbonyl (C=O) groups is 1. The molecule has 2 aromatic rings. The number of nitrogens with one attached hydrogen (secondary N) is 1. The zero-order valence-electron chi connectivity index (χ0n) is 19.4. The smallest absolute Gasteiger partial charge is 0.254 e. The molecule has 4 rings (SSSR count). The summed E-state index contributed by atoms with van der Waals surface area (Å²) in [5.41, 5.74) is 12.6. The SMILES string of the molecule is C/C(C(=N)OCC1CC1)=C(/N)c1cc(C(=O)N2CC(c3ccc(C#N)cc3)C2)c(C)cc1C. The molecule has 0 radical (unpaired) electrons. The van der Waals surface area contributed by atoms with Crippen LogP contribution in [0.25, 0.3) is 5.70 Å². The first-order valence-corrected chi connectivity index (χ1v) is 11.4. The largest absolute Gasteiger partial charge is 0.478 e.